The van der Waals surface area contributed by atoms with E-state index in [1.165, 1.54) is 0 Å². The molecule has 2 heterocycles. The molecule has 0 spiro atoms. The van der Waals surface area contributed by atoms with Gasteiger partial charge in [-0.25, -0.2) is 4.98 Å². The molecule has 21 heavy (non-hydrogen) atoms. The first-order valence-electron chi connectivity index (χ1n) is 7.65. The van der Waals surface area contributed by atoms with E-state index in [0.717, 1.165) is 44.1 Å². The zero-order valence-electron chi connectivity index (χ0n) is 13.3. The molecule has 6 nitrogen and oxygen atoms in total. The summed E-state index contributed by atoms with van der Waals surface area (Å²) < 4.78 is 10.6. The van der Waals surface area contributed by atoms with Crippen LogP contribution in [0.5, 0.6) is 0 Å². The Morgan fingerprint density at radius 2 is 2.43 bits per heavy atom. The Labute approximate surface area is 126 Å². The van der Waals surface area contributed by atoms with Crippen molar-refractivity contribution in [3.63, 3.8) is 0 Å². The van der Waals surface area contributed by atoms with Crippen LogP contribution in [0.2, 0.25) is 0 Å². The van der Waals surface area contributed by atoms with Gasteiger partial charge in [0, 0.05) is 32.7 Å². The number of methoxy groups -OCH3 is 1. The molecular formula is C15H27N3O3. The van der Waals surface area contributed by atoms with Gasteiger partial charge in [-0.3, -0.25) is 9.80 Å². The molecule has 1 aliphatic heterocycles. The number of aliphatic hydroxyl groups excluding tert-OH is 1. The Balaban J connectivity index is 1.77. The third-order valence-corrected chi connectivity index (χ3v) is 4.03. The molecular weight excluding hydrogens is 270 g/mol. The lowest BCUT2D eigenvalue weighted by atomic mass is 10.2. The van der Waals surface area contributed by atoms with E-state index in [0.29, 0.717) is 19.2 Å². The minimum absolute atomic E-state index is 0.396. The lowest BCUT2D eigenvalue weighted by Gasteiger charge is -2.24. The number of likely N-dealkylation sites (N-methyl/N-ethyl adjacent to an activating group) is 1. The van der Waals surface area contributed by atoms with Gasteiger partial charge in [0.2, 0.25) is 5.89 Å². The van der Waals surface area contributed by atoms with E-state index in [-0.39, 0.29) is 0 Å². The molecule has 2 atom stereocenters. The predicted molar refractivity (Wildman–Crippen MR) is 80.1 cm³/mol. The number of oxazole rings is 1. The van der Waals surface area contributed by atoms with Gasteiger partial charge >= 0.3 is 0 Å². The van der Waals surface area contributed by atoms with Crippen molar-refractivity contribution in [2.24, 2.45) is 0 Å². The van der Waals surface area contributed by atoms with Crippen molar-refractivity contribution in [3.05, 3.63) is 17.8 Å². The van der Waals surface area contributed by atoms with Gasteiger partial charge in [0.05, 0.1) is 25.5 Å². The lowest BCUT2D eigenvalue weighted by Crippen LogP contribution is -2.37. The summed E-state index contributed by atoms with van der Waals surface area (Å²) >= 11 is 0. The molecule has 2 rings (SSSR count). The van der Waals surface area contributed by atoms with Gasteiger partial charge in [-0.1, -0.05) is 6.92 Å². The van der Waals surface area contributed by atoms with Gasteiger partial charge in [0.1, 0.15) is 5.76 Å². The second-order valence-corrected chi connectivity index (χ2v) is 5.80. The van der Waals surface area contributed by atoms with Crippen molar-refractivity contribution in [1.82, 2.24) is 14.8 Å². The SMILES string of the molecule is CCc1cnc(CN(C)C2CCN(CC(O)COC)C2)o1. The van der Waals surface area contributed by atoms with Gasteiger partial charge in [-0.2, -0.15) is 0 Å². The predicted octanol–water partition coefficient (Wildman–Crippen LogP) is 0.750. The lowest BCUT2D eigenvalue weighted by molar-refractivity contribution is 0.0412. The molecule has 1 saturated heterocycles. The smallest absolute Gasteiger partial charge is 0.208 e. The van der Waals surface area contributed by atoms with Crippen molar-refractivity contribution in [2.75, 3.05) is 40.4 Å². The van der Waals surface area contributed by atoms with Crippen molar-refractivity contribution in [1.29, 1.82) is 0 Å². The summed E-state index contributed by atoms with van der Waals surface area (Å²) in [5.74, 6) is 1.72. The number of hydrogen-bond donors (Lipinski definition) is 1. The number of rotatable bonds is 8. The molecule has 1 N–H and O–H groups in total. The molecule has 0 saturated carbocycles. The monoisotopic (exact) mass is 297 g/mol. The van der Waals surface area contributed by atoms with Crippen LogP contribution in [0.3, 0.4) is 0 Å². The van der Waals surface area contributed by atoms with Gasteiger partial charge in [0.25, 0.3) is 0 Å². The van der Waals surface area contributed by atoms with Gasteiger partial charge < -0.3 is 14.3 Å². The van der Waals surface area contributed by atoms with Crippen LogP contribution in [0.15, 0.2) is 10.6 Å². The highest BCUT2D eigenvalue weighted by Crippen LogP contribution is 2.17. The fraction of sp³-hybridized carbons (Fsp3) is 0.800. The summed E-state index contributed by atoms with van der Waals surface area (Å²) in [6.45, 7) is 5.86. The number of aryl methyl sites for hydroxylation is 1. The maximum Gasteiger partial charge on any atom is 0.208 e. The number of hydrogen-bond acceptors (Lipinski definition) is 6. The van der Waals surface area contributed by atoms with E-state index in [1.54, 1.807) is 7.11 Å². The molecule has 0 radical (unpaired) electrons. The fourth-order valence-electron chi connectivity index (χ4n) is 2.81. The maximum absolute atomic E-state index is 9.79. The minimum Gasteiger partial charge on any atom is -0.444 e. The molecule has 0 aliphatic carbocycles. The van der Waals surface area contributed by atoms with Crippen LogP contribution in [0, 0.1) is 0 Å². The number of ether oxygens (including phenoxy) is 1. The zero-order valence-corrected chi connectivity index (χ0v) is 13.3. The van der Waals surface area contributed by atoms with Crippen LogP contribution in [0.25, 0.3) is 0 Å². The Morgan fingerprint density at radius 3 is 3.10 bits per heavy atom. The topological polar surface area (TPSA) is 62.0 Å². The average molecular weight is 297 g/mol. The second-order valence-electron chi connectivity index (χ2n) is 5.80. The largest absolute Gasteiger partial charge is 0.444 e. The molecule has 6 heteroatoms. The Morgan fingerprint density at radius 1 is 1.62 bits per heavy atom. The van der Waals surface area contributed by atoms with E-state index in [1.807, 2.05) is 6.20 Å². The van der Waals surface area contributed by atoms with Gasteiger partial charge in [-0.05, 0) is 20.0 Å². The standard InChI is InChI=1S/C15H27N3O3/c1-4-14-7-16-15(21-14)10-17(2)12-5-6-18(8-12)9-13(19)11-20-3/h7,12-13,19H,4-6,8-11H2,1-3H3. The van der Waals surface area contributed by atoms with Gasteiger partial charge in [-0.15, -0.1) is 0 Å². The number of aromatic nitrogens is 1. The molecule has 0 amide bonds. The number of likely N-dealkylation sites (tertiary alicyclic amines) is 1. The summed E-state index contributed by atoms with van der Waals surface area (Å²) in [6.07, 6.45) is 3.39. The first kappa shape index (κ1) is 16.4. The first-order valence-corrected chi connectivity index (χ1v) is 7.65. The molecule has 1 aromatic heterocycles. The number of nitrogens with zero attached hydrogens (tertiary/aromatic N) is 3. The van der Waals surface area contributed by atoms with Crippen molar-refractivity contribution < 1.29 is 14.3 Å². The summed E-state index contributed by atoms with van der Waals surface area (Å²) in [5, 5.41) is 9.79. The molecule has 1 aliphatic rings. The van der Waals surface area contributed by atoms with Crippen LogP contribution < -0.4 is 0 Å². The van der Waals surface area contributed by atoms with E-state index >= 15 is 0 Å². The molecule has 1 fully saturated rings. The van der Waals surface area contributed by atoms with Crippen LogP contribution >= 0.6 is 0 Å². The Hall–Kier alpha value is -0.950. The van der Waals surface area contributed by atoms with Crippen LogP contribution in [-0.2, 0) is 17.7 Å². The number of aliphatic hydroxyl groups is 1. The van der Waals surface area contributed by atoms with E-state index in [4.69, 9.17) is 9.15 Å². The quantitative estimate of drug-likeness (QED) is 0.764. The maximum atomic E-state index is 9.79. The van der Waals surface area contributed by atoms with Crippen molar-refractivity contribution >= 4 is 0 Å². The second kappa shape index (κ2) is 7.89. The summed E-state index contributed by atoms with van der Waals surface area (Å²) in [6, 6.07) is 0.483. The van der Waals surface area contributed by atoms with Gasteiger partial charge in [0.15, 0.2) is 0 Å². The van der Waals surface area contributed by atoms with E-state index in [9.17, 15) is 5.11 Å². The van der Waals surface area contributed by atoms with Crippen LogP contribution in [0.1, 0.15) is 25.0 Å². The first-order chi connectivity index (χ1) is 10.1. The molecule has 0 aromatic carbocycles. The van der Waals surface area contributed by atoms with E-state index < -0.39 is 6.10 Å². The third kappa shape index (κ3) is 4.78. The highest BCUT2D eigenvalue weighted by molar-refractivity contribution is 4.94. The molecule has 1 aromatic rings. The van der Waals surface area contributed by atoms with Crippen LogP contribution in [-0.4, -0.2) is 72.4 Å². The average Bonchev–Trinajstić information content (AvgIpc) is 3.08. The summed E-state index contributed by atoms with van der Waals surface area (Å²) in [4.78, 5) is 8.89. The molecule has 120 valence electrons. The normalized spacial score (nSPS) is 21.3. The zero-order chi connectivity index (χ0) is 15.2. The Kier molecular flexibility index (Phi) is 6.17. The third-order valence-electron chi connectivity index (χ3n) is 4.03. The fourth-order valence-corrected chi connectivity index (χ4v) is 2.81. The highest BCUT2D eigenvalue weighted by Gasteiger charge is 2.27. The summed E-state index contributed by atoms with van der Waals surface area (Å²) in [5.41, 5.74) is 0. The van der Waals surface area contributed by atoms with Crippen molar-refractivity contribution in [3.8, 4) is 0 Å². The summed E-state index contributed by atoms with van der Waals surface area (Å²) in [7, 11) is 3.72. The minimum atomic E-state index is -0.405. The molecule has 0 bridgehead atoms. The molecule has 2 unspecified atom stereocenters. The van der Waals surface area contributed by atoms with Crippen LogP contribution in [0.4, 0.5) is 0 Å². The number of β-amino-alcohol motifs (C(OH)–C–C–N with tert-alkyl or cyclic N) is 1. The Bertz CT molecular complexity index is 424. The highest BCUT2D eigenvalue weighted by atomic mass is 16.5. The van der Waals surface area contributed by atoms with E-state index in [2.05, 4.69) is 28.8 Å². The van der Waals surface area contributed by atoms with Crippen molar-refractivity contribution in [2.45, 2.75) is 38.5 Å².